The normalized spacial score (nSPS) is 14.0. The van der Waals surface area contributed by atoms with Crippen molar-refractivity contribution in [2.24, 2.45) is 9.98 Å². The van der Waals surface area contributed by atoms with Crippen molar-refractivity contribution >= 4 is 34.9 Å². The van der Waals surface area contributed by atoms with E-state index in [-0.39, 0.29) is 5.91 Å². The molecule has 0 aliphatic carbocycles. The standard InChI is InChI=1S/C21H14ClN3O/c22-17-12-6-7-13-18(17)23-19-15-10-4-5-11-16(15)20(24-19)25-21(26)14-8-2-1-3-9-14/h1-13H,(H,23,24,25,26). The van der Waals surface area contributed by atoms with Crippen molar-refractivity contribution in [3.63, 3.8) is 0 Å². The second-order valence-electron chi connectivity index (χ2n) is 5.71. The van der Waals surface area contributed by atoms with Crippen molar-refractivity contribution in [3.05, 3.63) is 101 Å². The van der Waals surface area contributed by atoms with Crippen LogP contribution in [0, 0.1) is 0 Å². The van der Waals surface area contributed by atoms with Crippen LogP contribution in [0.2, 0.25) is 5.02 Å². The molecule has 0 fully saturated rings. The van der Waals surface area contributed by atoms with E-state index in [9.17, 15) is 4.79 Å². The van der Waals surface area contributed by atoms with Crippen LogP contribution in [-0.4, -0.2) is 17.6 Å². The molecule has 0 radical (unpaired) electrons. The Kier molecular flexibility index (Phi) is 4.33. The number of rotatable bonds is 2. The summed E-state index contributed by atoms with van der Waals surface area (Å²) in [7, 11) is 0. The maximum absolute atomic E-state index is 12.5. The SMILES string of the molecule is O=C(NC1=NC(=Nc2ccccc2Cl)c2ccccc21)c1ccccc1. The van der Waals surface area contributed by atoms with Crippen molar-refractivity contribution in [2.75, 3.05) is 0 Å². The van der Waals surface area contributed by atoms with E-state index < -0.39 is 0 Å². The van der Waals surface area contributed by atoms with E-state index in [1.54, 1.807) is 18.2 Å². The van der Waals surface area contributed by atoms with Crippen LogP contribution in [0.5, 0.6) is 0 Å². The van der Waals surface area contributed by atoms with Gasteiger partial charge in [-0.15, -0.1) is 0 Å². The first-order chi connectivity index (χ1) is 12.7. The molecule has 0 saturated carbocycles. The zero-order chi connectivity index (χ0) is 17.9. The lowest BCUT2D eigenvalue weighted by atomic mass is 10.1. The van der Waals surface area contributed by atoms with Crippen molar-refractivity contribution in [3.8, 4) is 0 Å². The summed E-state index contributed by atoms with van der Waals surface area (Å²) in [4.78, 5) is 21.6. The fourth-order valence-corrected chi connectivity index (χ4v) is 2.90. The van der Waals surface area contributed by atoms with E-state index in [4.69, 9.17) is 11.6 Å². The van der Waals surface area contributed by atoms with E-state index in [0.29, 0.717) is 27.9 Å². The van der Waals surface area contributed by atoms with Crippen molar-refractivity contribution in [2.45, 2.75) is 0 Å². The zero-order valence-electron chi connectivity index (χ0n) is 13.7. The Morgan fingerprint density at radius 1 is 0.846 bits per heavy atom. The molecule has 3 aromatic rings. The summed E-state index contributed by atoms with van der Waals surface area (Å²) >= 11 is 6.21. The van der Waals surface area contributed by atoms with Gasteiger partial charge in [-0.3, -0.25) is 4.79 Å². The summed E-state index contributed by atoms with van der Waals surface area (Å²) in [6.07, 6.45) is 0. The van der Waals surface area contributed by atoms with Crippen LogP contribution in [0.1, 0.15) is 21.5 Å². The van der Waals surface area contributed by atoms with Crippen LogP contribution >= 0.6 is 11.6 Å². The highest BCUT2D eigenvalue weighted by atomic mass is 35.5. The third-order valence-corrected chi connectivity index (χ3v) is 4.31. The quantitative estimate of drug-likeness (QED) is 0.713. The summed E-state index contributed by atoms with van der Waals surface area (Å²) in [5.41, 5.74) is 2.90. The fraction of sp³-hybridized carbons (Fsp3) is 0. The van der Waals surface area contributed by atoms with Gasteiger partial charge < -0.3 is 5.32 Å². The summed E-state index contributed by atoms with van der Waals surface area (Å²) in [6.45, 7) is 0. The molecule has 0 aromatic heterocycles. The number of hydrogen-bond donors (Lipinski definition) is 1. The average Bonchev–Trinajstić information content (AvgIpc) is 3.02. The lowest BCUT2D eigenvalue weighted by Gasteiger charge is -2.05. The van der Waals surface area contributed by atoms with Gasteiger partial charge >= 0.3 is 0 Å². The average molecular weight is 360 g/mol. The summed E-state index contributed by atoms with van der Waals surface area (Å²) in [6, 6.07) is 24.0. The van der Waals surface area contributed by atoms with Crippen molar-refractivity contribution < 1.29 is 4.79 Å². The topological polar surface area (TPSA) is 53.8 Å². The highest BCUT2D eigenvalue weighted by Gasteiger charge is 2.23. The third kappa shape index (κ3) is 3.15. The highest BCUT2D eigenvalue weighted by molar-refractivity contribution is 6.33. The van der Waals surface area contributed by atoms with E-state index in [0.717, 1.165) is 11.1 Å². The monoisotopic (exact) mass is 359 g/mol. The number of nitrogens with zero attached hydrogens (tertiary/aromatic N) is 2. The number of benzene rings is 3. The first-order valence-corrected chi connectivity index (χ1v) is 8.48. The molecule has 1 amide bonds. The lowest BCUT2D eigenvalue weighted by molar-refractivity contribution is 0.0977. The molecule has 1 N–H and O–H groups in total. The van der Waals surface area contributed by atoms with E-state index in [1.807, 2.05) is 60.7 Å². The summed E-state index contributed by atoms with van der Waals surface area (Å²) in [5, 5.41) is 3.43. The van der Waals surface area contributed by atoms with Crippen LogP contribution in [-0.2, 0) is 0 Å². The maximum Gasteiger partial charge on any atom is 0.256 e. The van der Waals surface area contributed by atoms with Gasteiger partial charge in [-0.05, 0) is 24.3 Å². The number of fused-ring (bicyclic) bond motifs is 1. The molecule has 0 spiro atoms. The van der Waals surface area contributed by atoms with Gasteiger partial charge in [0, 0.05) is 16.7 Å². The number of para-hydroxylation sites is 1. The number of carbonyl (C=O) groups is 1. The zero-order valence-corrected chi connectivity index (χ0v) is 14.4. The molecule has 0 unspecified atom stereocenters. The maximum atomic E-state index is 12.5. The first-order valence-electron chi connectivity index (χ1n) is 8.10. The first kappa shape index (κ1) is 16.2. The van der Waals surface area contributed by atoms with Gasteiger partial charge in [0.15, 0.2) is 5.84 Å². The third-order valence-electron chi connectivity index (χ3n) is 3.99. The number of aliphatic imine (C=N–C) groups is 2. The van der Waals surface area contributed by atoms with Gasteiger partial charge in [-0.2, -0.15) is 0 Å². The lowest BCUT2D eigenvalue weighted by Crippen LogP contribution is -2.30. The molecule has 5 heteroatoms. The molecule has 3 aromatic carbocycles. The molecular formula is C21H14ClN3O. The van der Waals surface area contributed by atoms with Crippen molar-refractivity contribution in [1.29, 1.82) is 0 Å². The molecule has 1 aliphatic rings. The molecule has 1 heterocycles. The Labute approximate surface area is 155 Å². The summed E-state index contributed by atoms with van der Waals surface area (Å²) < 4.78 is 0. The molecule has 126 valence electrons. The highest BCUT2D eigenvalue weighted by Crippen LogP contribution is 2.27. The van der Waals surface area contributed by atoms with Crippen LogP contribution in [0.3, 0.4) is 0 Å². The van der Waals surface area contributed by atoms with Crippen LogP contribution in [0.4, 0.5) is 5.69 Å². The fourth-order valence-electron chi connectivity index (χ4n) is 2.72. The molecule has 4 nitrogen and oxygen atoms in total. The Bertz CT molecular complexity index is 1040. The molecule has 0 saturated heterocycles. The second-order valence-corrected chi connectivity index (χ2v) is 6.12. The molecule has 4 rings (SSSR count). The minimum Gasteiger partial charge on any atom is -0.306 e. The predicted molar refractivity (Wildman–Crippen MR) is 105 cm³/mol. The van der Waals surface area contributed by atoms with E-state index in [2.05, 4.69) is 15.3 Å². The second kappa shape index (κ2) is 6.94. The Morgan fingerprint density at radius 2 is 1.50 bits per heavy atom. The summed E-state index contributed by atoms with van der Waals surface area (Å²) in [5.74, 6) is 0.801. The number of halogens is 1. The van der Waals surface area contributed by atoms with E-state index >= 15 is 0 Å². The Balaban J connectivity index is 1.71. The number of hydrogen-bond acceptors (Lipinski definition) is 2. The van der Waals surface area contributed by atoms with Crippen LogP contribution in [0.15, 0.2) is 88.8 Å². The molecule has 1 aliphatic heterocycles. The number of amidine groups is 2. The minimum absolute atomic E-state index is 0.210. The van der Waals surface area contributed by atoms with Gasteiger partial charge in [0.05, 0.1) is 10.7 Å². The van der Waals surface area contributed by atoms with Gasteiger partial charge in [-0.25, -0.2) is 9.98 Å². The predicted octanol–water partition coefficient (Wildman–Crippen LogP) is 4.61. The van der Waals surface area contributed by atoms with Gasteiger partial charge in [0.1, 0.15) is 5.84 Å². The molecule has 0 atom stereocenters. The Morgan fingerprint density at radius 3 is 2.27 bits per heavy atom. The van der Waals surface area contributed by atoms with E-state index in [1.165, 1.54) is 0 Å². The van der Waals surface area contributed by atoms with Gasteiger partial charge in [0.25, 0.3) is 5.91 Å². The Hall–Kier alpha value is -3.24. The number of amides is 1. The van der Waals surface area contributed by atoms with Crippen LogP contribution in [0.25, 0.3) is 0 Å². The molecule has 0 bridgehead atoms. The van der Waals surface area contributed by atoms with Crippen molar-refractivity contribution in [1.82, 2.24) is 5.32 Å². The largest absolute Gasteiger partial charge is 0.306 e. The van der Waals surface area contributed by atoms with Gasteiger partial charge in [-0.1, -0.05) is 66.2 Å². The van der Waals surface area contributed by atoms with Gasteiger partial charge in [0.2, 0.25) is 0 Å². The molecule has 26 heavy (non-hydrogen) atoms. The number of nitrogens with one attached hydrogen (secondary N) is 1. The smallest absolute Gasteiger partial charge is 0.256 e. The minimum atomic E-state index is -0.210. The van der Waals surface area contributed by atoms with Crippen LogP contribution < -0.4 is 5.32 Å². The number of carbonyl (C=O) groups excluding carboxylic acids is 1. The molecular weight excluding hydrogens is 346 g/mol.